The van der Waals surface area contributed by atoms with Crippen molar-refractivity contribution < 1.29 is 0 Å². The summed E-state index contributed by atoms with van der Waals surface area (Å²) in [7, 11) is 0. The van der Waals surface area contributed by atoms with Gasteiger partial charge in [0.2, 0.25) is 0 Å². The highest BCUT2D eigenvalue weighted by molar-refractivity contribution is 14.1. The maximum absolute atomic E-state index is 3.56. The molecule has 0 amide bonds. The van der Waals surface area contributed by atoms with E-state index in [-0.39, 0.29) is 0 Å². The smallest absolute Gasteiger partial charge is 0.0557 e. The third-order valence-electron chi connectivity index (χ3n) is 0.161. The molecular weight excluding hydrogens is 177 g/mol. The standard InChI is InChI=1S/C3H6IN/c1-3(2)5-4/h5H,1H2,2H3. The van der Waals surface area contributed by atoms with Crippen LogP contribution in [0.25, 0.3) is 0 Å². The van der Waals surface area contributed by atoms with Gasteiger partial charge < -0.3 is 3.53 Å². The van der Waals surface area contributed by atoms with E-state index in [0.29, 0.717) is 0 Å². The van der Waals surface area contributed by atoms with Gasteiger partial charge in [0.15, 0.2) is 0 Å². The van der Waals surface area contributed by atoms with Gasteiger partial charge in [-0.3, -0.25) is 0 Å². The molecule has 0 heterocycles. The molecular formula is C3H6IN. The van der Waals surface area contributed by atoms with Crippen LogP contribution in [0.1, 0.15) is 6.92 Å². The van der Waals surface area contributed by atoms with Crippen molar-refractivity contribution in [2.75, 3.05) is 0 Å². The van der Waals surface area contributed by atoms with Crippen molar-refractivity contribution in [1.82, 2.24) is 3.53 Å². The van der Waals surface area contributed by atoms with E-state index in [1.165, 1.54) is 0 Å². The fraction of sp³-hybridized carbons (Fsp3) is 0.333. The molecule has 0 atom stereocenters. The summed E-state index contributed by atoms with van der Waals surface area (Å²) in [6, 6.07) is 0. The highest BCUT2D eigenvalue weighted by Crippen LogP contribution is 1.79. The van der Waals surface area contributed by atoms with Gasteiger partial charge in [-0.1, -0.05) is 6.58 Å². The lowest BCUT2D eigenvalue weighted by atomic mass is 10.6. The van der Waals surface area contributed by atoms with E-state index < -0.39 is 0 Å². The van der Waals surface area contributed by atoms with Gasteiger partial charge in [0.1, 0.15) is 0 Å². The molecule has 0 saturated heterocycles. The van der Waals surface area contributed by atoms with Crippen molar-refractivity contribution in [2.24, 2.45) is 0 Å². The first-order valence-electron chi connectivity index (χ1n) is 1.29. The molecule has 0 aliphatic carbocycles. The van der Waals surface area contributed by atoms with Gasteiger partial charge in [-0.2, -0.15) is 0 Å². The Balaban J connectivity index is 2.85. The number of rotatable bonds is 1. The van der Waals surface area contributed by atoms with Crippen molar-refractivity contribution in [3.63, 3.8) is 0 Å². The lowest BCUT2D eigenvalue weighted by Gasteiger charge is -1.84. The van der Waals surface area contributed by atoms with Crippen LogP contribution in [-0.2, 0) is 0 Å². The molecule has 1 N–H and O–H groups in total. The van der Waals surface area contributed by atoms with Gasteiger partial charge in [0.05, 0.1) is 22.9 Å². The molecule has 0 saturated carbocycles. The first kappa shape index (κ1) is 5.27. The van der Waals surface area contributed by atoms with Crippen molar-refractivity contribution in [2.45, 2.75) is 6.92 Å². The van der Waals surface area contributed by atoms with Crippen molar-refractivity contribution in [1.29, 1.82) is 0 Å². The first-order valence-corrected chi connectivity index (χ1v) is 2.37. The van der Waals surface area contributed by atoms with Gasteiger partial charge in [-0.25, -0.2) is 0 Å². The average Bonchev–Trinajstić information content (AvgIpc) is 1.38. The lowest BCUT2D eigenvalue weighted by molar-refractivity contribution is 1.27. The second kappa shape index (κ2) is 2.50. The fourth-order valence-electron chi connectivity index (χ4n) is 0. The Morgan fingerprint density at radius 1 is 2.00 bits per heavy atom. The first-order chi connectivity index (χ1) is 2.27. The van der Waals surface area contributed by atoms with E-state index in [0.717, 1.165) is 5.70 Å². The highest BCUT2D eigenvalue weighted by atomic mass is 127. The molecule has 0 aliphatic rings. The molecule has 0 bridgehead atoms. The Bertz CT molecular complexity index is 42.2. The Hall–Kier alpha value is 0.270. The number of hydrogen-bond acceptors (Lipinski definition) is 1. The van der Waals surface area contributed by atoms with Crippen LogP contribution in [0.4, 0.5) is 0 Å². The Labute approximate surface area is 45.9 Å². The zero-order chi connectivity index (χ0) is 4.28. The lowest BCUT2D eigenvalue weighted by Crippen LogP contribution is -1.86. The van der Waals surface area contributed by atoms with E-state index >= 15 is 0 Å². The SMILES string of the molecule is C=C(C)NI. The maximum atomic E-state index is 3.56. The fourth-order valence-corrected chi connectivity index (χ4v) is 0. The van der Waals surface area contributed by atoms with Crippen LogP contribution in [0.15, 0.2) is 12.3 Å². The van der Waals surface area contributed by atoms with Gasteiger partial charge in [0, 0.05) is 5.70 Å². The van der Waals surface area contributed by atoms with Crippen LogP contribution in [-0.4, -0.2) is 0 Å². The number of halogens is 1. The summed E-state index contributed by atoms with van der Waals surface area (Å²) in [6.45, 7) is 5.46. The Kier molecular flexibility index (Phi) is 2.64. The molecule has 0 spiro atoms. The van der Waals surface area contributed by atoms with Crippen LogP contribution in [0.5, 0.6) is 0 Å². The maximum Gasteiger partial charge on any atom is 0.0557 e. The van der Waals surface area contributed by atoms with Crippen LogP contribution < -0.4 is 3.53 Å². The summed E-state index contributed by atoms with van der Waals surface area (Å²) < 4.78 is 2.80. The molecule has 0 radical (unpaired) electrons. The van der Waals surface area contributed by atoms with E-state index in [1.807, 2.05) is 29.8 Å². The molecule has 5 heavy (non-hydrogen) atoms. The topological polar surface area (TPSA) is 12.0 Å². The minimum atomic E-state index is 0.991. The highest BCUT2D eigenvalue weighted by Gasteiger charge is 1.64. The molecule has 30 valence electrons. The number of allylic oxidation sites excluding steroid dienone is 1. The zero-order valence-electron chi connectivity index (χ0n) is 3.09. The summed E-state index contributed by atoms with van der Waals surface area (Å²) in [4.78, 5) is 0. The van der Waals surface area contributed by atoms with Crippen molar-refractivity contribution in [3.05, 3.63) is 12.3 Å². The minimum Gasteiger partial charge on any atom is -0.333 e. The Morgan fingerprint density at radius 2 is 2.20 bits per heavy atom. The van der Waals surface area contributed by atoms with E-state index in [2.05, 4.69) is 10.1 Å². The summed E-state index contributed by atoms with van der Waals surface area (Å²) >= 11 is 2.03. The van der Waals surface area contributed by atoms with Crippen LogP contribution in [0, 0.1) is 0 Å². The normalized spacial score (nSPS) is 6.80. The summed E-state index contributed by atoms with van der Waals surface area (Å²) in [5.74, 6) is 0. The third-order valence-corrected chi connectivity index (χ3v) is 1.08. The molecule has 0 unspecified atom stereocenters. The molecule has 1 nitrogen and oxygen atoms in total. The molecule has 0 aromatic carbocycles. The third kappa shape index (κ3) is 4.27. The predicted molar refractivity (Wildman–Crippen MR) is 32.0 cm³/mol. The van der Waals surface area contributed by atoms with E-state index in [1.54, 1.807) is 0 Å². The van der Waals surface area contributed by atoms with Gasteiger partial charge >= 0.3 is 0 Å². The number of hydrogen-bond donors (Lipinski definition) is 1. The molecule has 2 heteroatoms. The summed E-state index contributed by atoms with van der Waals surface area (Å²) in [5.41, 5.74) is 0.991. The van der Waals surface area contributed by atoms with E-state index in [9.17, 15) is 0 Å². The van der Waals surface area contributed by atoms with Crippen molar-refractivity contribution in [3.8, 4) is 0 Å². The molecule has 0 fully saturated rings. The second-order valence-electron chi connectivity index (χ2n) is 0.875. The van der Waals surface area contributed by atoms with Crippen molar-refractivity contribution >= 4 is 22.9 Å². The van der Waals surface area contributed by atoms with Gasteiger partial charge in [-0.15, -0.1) is 0 Å². The molecule has 0 aliphatic heterocycles. The minimum absolute atomic E-state index is 0.991. The van der Waals surface area contributed by atoms with Crippen LogP contribution in [0.3, 0.4) is 0 Å². The predicted octanol–water partition coefficient (Wildman–Crippen LogP) is 1.46. The average molecular weight is 183 g/mol. The van der Waals surface area contributed by atoms with Crippen LogP contribution >= 0.6 is 22.9 Å². The Morgan fingerprint density at radius 3 is 2.20 bits per heavy atom. The largest absolute Gasteiger partial charge is 0.333 e. The monoisotopic (exact) mass is 183 g/mol. The van der Waals surface area contributed by atoms with Crippen LogP contribution in [0.2, 0.25) is 0 Å². The van der Waals surface area contributed by atoms with Gasteiger partial charge in [0.25, 0.3) is 0 Å². The van der Waals surface area contributed by atoms with E-state index in [4.69, 9.17) is 0 Å². The summed E-state index contributed by atoms with van der Waals surface area (Å²) in [6.07, 6.45) is 0. The molecule has 0 aromatic rings. The molecule has 0 rings (SSSR count). The van der Waals surface area contributed by atoms with Gasteiger partial charge in [-0.05, 0) is 6.92 Å². The second-order valence-corrected chi connectivity index (χ2v) is 1.41. The summed E-state index contributed by atoms with van der Waals surface area (Å²) in [5, 5.41) is 0. The number of nitrogens with one attached hydrogen (secondary N) is 1. The molecule has 0 aromatic heterocycles. The quantitative estimate of drug-likeness (QED) is 0.479. The zero-order valence-corrected chi connectivity index (χ0v) is 5.24.